The number of ether oxygens (including phenoxy) is 1. The normalized spacial score (nSPS) is 14.6. The smallest absolute Gasteiger partial charge is 0.255 e. The van der Waals surface area contributed by atoms with Gasteiger partial charge in [0, 0.05) is 54.6 Å². The summed E-state index contributed by atoms with van der Waals surface area (Å²) >= 11 is 0. The number of anilines is 1. The highest BCUT2D eigenvalue weighted by Crippen LogP contribution is 2.37. The quantitative estimate of drug-likeness (QED) is 0.377. The second-order valence-corrected chi connectivity index (χ2v) is 9.82. The molecule has 4 aromatic rings. The third kappa shape index (κ3) is 4.89. The molecule has 5 rings (SSSR count). The summed E-state index contributed by atoms with van der Waals surface area (Å²) in [7, 11) is 7.09. The maximum absolute atomic E-state index is 15.7. The van der Waals surface area contributed by atoms with Crippen LogP contribution in [0.15, 0.2) is 54.9 Å². The molecule has 7 nitrogen and oxygen atoms in total. The maximum Gasteiger partial charge on any atom is 0.255 e. The number of pyridine rings is 1. The number of H-pyrrole nitrogens is 1. The summed E-state index contributed by atoms with van der Waals surface area (Å²) in [5.41, 5.74) is 4.49. The lowest BCUT2D eigenvalue weighted by molar-refractivity contribution is 0.0828. The van der Waals surface area contributed by atoms with Gasteiger partial charge in [-0.1, -0.05) is 18.2 Å². The first-order valence-corrected chi connectivity index (χ1v) is 12.5. The van der Waals surface area contributed by atoms with Crippen LogP contribution in [0.2, 0.25) is 0 Å². The Balaban J connectivity index is 1.58. The molecule has 1 aliphatic heterocycles. The van der Waals surface area contributed by atoms with Crippen LogP contribution >= 0.6 is 0 Å². The number of halogens is 1. The number of aromatic nitrogens is 2. The van der Waals surface area contributed by atoms with Crippen molar-refractivity contribution in [3.63, 3.8) is 0 Å². The Morgan fingerprint density at radius 1 is 1.14 bits per heavy atom. The van der Waals surface area contributed by atoms with Crippen LogP contribution in [0.4, 0.5) is 10.1 Å². The summed E-state index contributed by atoms with van der Waals surface area (Å²) in [5.74, 6) is 0.0605. The number of carbonyl (C=O) groups excluding carboxylic acids is 1. The summed E-state index contributed by atoms with van der Waals surface area (Å²) in [4.78, 5) is 24.7. The first-order valence-electron chi connectivity index (χ1n) is 12.5. The van der Waals surface area contributed by atoms with Crippen LogP contribution in [0.5, 0.6) is 5.75 Å². The van der Waals surface area contributed by atoms with E-state index in [2.05, 4.69) is 27.2 Å². The number of rotatable bonds is 6. The molecule has 0 atom stereocenters. The van der Waals surface area contributed by atoms with Crippen LogP contribution in [-0.4, -0.2) is 73.1 Å². The van der Waals surface area contributed by atoms with Crippen molar-refractivity contribution in [3.8, 4) is 28.0 Å². The van der Waals surface area contributed by atoms with Crippen molar-refractivity contribution in [1.29, 1.82) is 0 Å². The molecule has 1 fully saturated rings. The Bertz CT molecular complexity index is 1440. The highest BCUT2D eigenvalue weighted by Gasteiger charge is 2.24. The number of nitrogens with one attached hydrogen (secondary N) is 2. The topological polar surface area (TPSA) is 73.5 Å². The van der Waals surface area contributed by atoms with Gasteiger partial charge in [-0.3, -0.25) is 4.79 Å². The Morgan fingerprint density at radius 3 is 2.62 bits per heavy atom. The molecule has 0 spiro atoms. The number of nitrogens with zero attached hydrogens (tertiary/aromatic N) is 3. The molecule has 2 aromatic heterocycles. The van der Waals surface area contributed by atoms with Gasteiger partial charge in [-0.05, 0) is 62.8 Å². The number of aromatic amines is 1. The van der Waals surface area contributed by atoms with Gasteiger partial charge in [0.1, 0.15) is 17.2 Å². The number of benzene rings is 2. The first-order chi connectivity index (χ1) is 17.9. The summed E-state index contributed by atoms with van der Waals surface area (Å²) in [6, 6.07) is 13.1. The van der Waals surface area contributed by atoms with E-state index < -0.39 is 5.82 Å². The predicted octanol–water partition coefficient (Wildman–Crippen LogP) is 5.25. The maximum atomic E-state index is 15.7. The van der Waals surface area contributed by atoms with Gasteiger partial charge >= 0.3 is 0 Å². The van der Waals surface area contributed by atoms with Crippen LogP contribution in [0.1, 0.15) is 23.2 Å². The fourth-order valence-corrected chi connectivity index (χ4v) is 4.94. The summed E-state index contributed by atoms with van der Waals surface area (Å²) in [5, 5.41) is 4.22. The third-order valence-electron chi connectivity index (χ3n) is 7.06. The lowest BCUT2D eigenvalue weighted by atomic mass is 9.98. The number of carbonyl (C=O) groups is 1. The number of hydrogen-bond donors (Lipinski definition) is 2. The second-order valence-electron chi connectivity index (χ2n) is 9.82. The Morgan fingerprint density at radius 2 is 1.89 bits per heavy atom. The van der Waals surface area contributed by atoms with Gasteiger partial charge in [0.2, 0.25) is 0 Å². The Hall–Kier alpha value is -3.91. The minimum atomic E-state index is -0.444. The lowest BCUT2D eigenvalue weighted by Gasteiger charge is -2.31. The molecule has 2 aromatic carbocycles. The summed E-state index contributed by atoms with van der Waals surface area (Å²) in [6.45, 7) is 1.87. The fourth-order valence-electron chi connectivity index (χ4n) is 4.94. The van der Waals surface area contributed by atoms with E-state index in [1.54, 1.807) is 33.5 Å². The molecular weight excluding hydrogens is 469 g/mol. The zero-order chi connectivity index (χ0) is 26.1. The first kappa shape index (κ1) is 24.8. The third-order valence-corrected chi connectivity index (χ3v) is 7.06. The SMILES string of the molecule is COc1ccccc1-c1c[nH]c2ncc(-c3cc(F)c(NC4CCN(C)CC4)c(C(=O)N(C)C)c3)cc12. The molecule has 192 valence electrons. The van der Waals surface area contributed by atoms with Crippen molar-refractivity contribution in [2.75, 3.05) is 46.7 Å². The second kappa shape index (κ2) is 10.2. The van der Waals surface area contributed by atoms with E-state index >= 15 is 4.39 Å². The van der Waals surface area contributed by atoms with E-state index in [1.807, 2.05) is 36.5 Å². The van der Waals surface area contributed by atoms with Crippen molar-refractivity contribution in [1.82, 2.24) is 19.8 Å². The van der Waals surface area contributed by atoms with Gasteiger partial charge in [0.25, 0.3) is 5.91 Å². The number of hydrogen-bond acceptors (Lipinski definition) is 5. The summed E-state index contributed by atoms with van der Waals surface area (Å²) in [6.07, 6.45) is 5.39. The average molecular weight is 502 g/mol. The molecule has 1 saturated heterocycles. The largest absolute Gasteiger partial charge is 0.496 e. The van der Waals surface area contributed by atoms with Gasteiger partial charge in [-0.15, -0.1) is 0 Å². The Kier molecular flexibility index (Phi) is 6.84. The molecule has 37 heavy (non-hydrogen) atoms. The highest BCUT2D eigenvalue weighted by atomic mass is 19.1. The molecule has 0 radical (unpaired) electrons. The van der Waals surface area contributed by atoms with Gasteiger partial charge < -0.3 is 24.8 Å². The molecule has 0 saturated carbocycles. The van der Waals surface area contributed by atoms with Crippen molar-refractivity contribution >= 4 is 22.6 Å². The van der Waals surface area contributed by atoms with Crippen molar-refractivity contribution < 1.29 is 13.9 Å². The minimum Gasteiger partial charge on any atom is -0.496 e. The average Bonchev–Trinajstić information content (AvgIpc) is 3.33. The molecule has 1 aliphatic rings. The van der Waals surface area contributed by atoms with Crippen molar-refractivity contribution in [3.05, 3.63) is 66.2 Å². The highest BCUT2D eigenvalue weighted by molar-refractivity contribution is 6.02. The standard InChI is InChI=1S/C29H32FN5O2/c1-34(2)29(36)23-13-18(15-25(30)27(23)33-20-9-11-35(3)12-10-20)19-14-22-24(17-32-28(22)31-16-19)21-7-5-6-8-26(21)37-4/h5-8,13-17,20,33H,9-12H2,1-4H3,(H,31,32). The van der Waals surface area contributed by atoms with Crippen molar-refractivity contribution in [2.45, 2.75) is 18.9 Å². The van der Waals surface area contributed by atoms with Gasteiger partial charge in [0.15, 0.2) is 0 Å². The van der Waals surface area contributed by atoms with E-state index in [0.29, 0.717) is 11.1 Å². The number of methoxy groups -OCH3 is 1. The fraction of sp³-hybridized carbons (Fsp3) is 0.310. The zero-order valence-corrected chi connectivity index (χ0v) is 21.6. The van der Waals surface area contributed by atoms with Crippen LogP contribution in [0.25, 0.3) is 33.3 Å². The van der Waals surface area contributed by atoms with Gasteiger partial charge in [0.05, 0.1) is 18.4 Å². The molecule has 3 heterocycles. The number of para-hydroxylation sites is 1. The molecule has 1 amide bonds. The molecule has 0 bridgehead atoms. The molecule has 0 unspecified atom stereocenters. The van der Waals surface area contributed by atoms with Crippen LogP contribution in [-0.2, 0) is 0 Å². The van der Waals surface area contributed by atoms with E-state index in [0.717, 1.165) is 59.4 Å². The van der Waals surface area contributed by atoms with Crippen LogP contribution in [0.3, 0.4) is 0 Å². The van der Waals surface area contributed by atoms with Crippen molar-refractivity contribution in [2.24, 2.45) is 0 Å². The lowest BCUT2D eigenvalue weighted by Crippen LogP contribution is -2.37. The number of amides is 1. The number of piperidine rings is 1. The zero-order valence-electron chi connectivity index (χ0n) is 21.6. The van der Waals surface area contributed by atoms with E-state index in [-0.39, 0.29) is 17.6 Å². The van der Waals surface area contributed by atoms with Gasteiger partial charge in [-0.25, -0.2) is 9.37 Å². The molecule has 0 aliphatic carbocycles. The number of likely N-dealkylation sites (tertiary alicyclic amines) is 1. The molecular formula is C29H32FN5O2. The summed E-state index contributed by atoms with van der Waals surface area (Å²) < 4.78 is 21.2. The van der Waals surface area contributed by atoms with E-state index in [1.165, 1.54) is 11.0 Å². The molecule has 2 N–H and O–H groups in total. The van der Waals surface area contributed by atoms with Crippen LogP contribution in [0, 0.1) is 5.82 Å². The Labute approximate surface area is 216 Å². The minimum absolute atomic E-state index is 0.117. The van der Waals surface area contributed by atoms with Crippen LogP contribution < -0.4 is 10.1 Å². The van der Waals surface area contributed by atoms with E-state index in [4.69, 9.17) is 4.74 Å². The monoisotopic (exact) mass is 501 g/mol. The number of fused-ring (bicyclic) bond motifs is 1. The van der Waals surface area contributed by atoms with E-state index in [9.17, 15) is 4.79 Å². The van der Waals surface area contributed by atoms with Gasteiger partial charge in [-0.2, -0.15) is 0 Å². The predicted molar refractivity (Wildman–Crippen MR) is 146 cm³/mol. The molecule has 8 heteroatoms.